The predicted molar refractivity (Wildman–Crippen MR) is 103 cm³/mol. The van der Waals surface area contributed by atoms with E-state index in [1.165, 1.54) is 0 Å². The van der Waals surface area contributed by atoms with Crippen molar-refractivity contribution in [1.29, 1.82) is 0 Å². The number of rotatable bonds is 4. The zero-order valence-electron chi connectivity index (χ0n) is 13.3. The Bertz CT molecular complexity index is 926. The van der Waals surface area contributed by atoms with Crippen LogP contribution in [0, 0.1) is 0 Å². The Kier molecular flexibility index (Phi) is 5.27. The molecule has 0 saturated carbocycles. The minimum absolute atomic E-state index is 0.827. The van der Waals surface area contributed by atoms with Gasteiger partial charge in [0.05, 0.1) is 19.0 Å². The highest BCUT2D eigenvalue weighted by Gasteiger charge is 2.09. The molecule has 4 nitrogen and oxygen atoms in total. The topological polar surface area (TPSA) is 38.9 Å². The van der Waals surface area contributed by atoms with E-state index in [-0.39, 0.29) is 0 Å². The minimum atomic E-state index is 0.827. The van der Waals surface area contributed by atoms with E-state index in [1.54, 1.807) is 25.5 Å². The number of halogens is 1. The molecule has 0 bridgehead atoms. The van der Waals surface area contributed by atoms with Gasteiger partial charge in [0, 0.05) is 22.5 Å². The predicted octanol–water partition coefficient (Wildman–Crippen LogP) is 4.40. The van der Waals surface area contributed by atoms with E-state index < -0.39 is 0 Å². The molecule has 24 heavy (non-hydrogen) atoms. The fourth-order valence-electron chi connectivity index (χ4n) is 2.23. The molecule has 2 aromatic carbocycles. The summed E-state index contributed by atoms with van der Waals surface area (Å²) < 4.78 is 8.06. The Balaban J connectivity index is 2.02. The summed E-state index contributed by atoms with van der Waals surface area (Å²) in [7, 11) is 3.43. The summed E-state index contributed by atoms with van der Waals surface area (Å²) in [6.45, 7) is 0. The number of methoxy groups -OCH3 is 1. The van der Waals surface area contributed by atoms with E-state index in [4.69, 9.17) is 4.74 Å². The van der Waals surface area contributed by atoms with Crippen LogP contribution in [0.4, 0.5) is 0 Å². The van der Waals surface area contributed by atoms with Gasteiger partial charge in [-0.2, -0.15) is 5.10 Å². The average Bonchev–Trinajstić information content (AvgIpc) is 3.03. The Hall–Kier alpha value is -2.18. The van der Waals surface area contributed by atoms with Crippen LogP contribution in [0.5, 0.6) is 5.75 Å². The van der Waals surface area contributed by atoms with Gasteiger partial charge in [-0.3, -0.25) is 4.99 Å². The lowest BCUT2D eigenvalue weighted by Gasteiger charge is -2.05. The Labute approximate surface area is 152 Å². The second-order valence-electron chi connectivity index (χ2n) is 4.94. The molecule has 0 radical (unpaired) electrons. The summed E-state index contributed by atoms with van der Waals surface area (Å²) >= 11 is 5.17. The summed E-state index contributed by atoms with van der Waals surface area (Å²) in [4.78, 5) is 5.16. The summed E-state index contributed by atoms with van der Waals surface area (Å²) in [5.41, 5.74) is 3.07. The quantitative estimate of drug-likeness (QED) is 0.597. The van der Waals surface area contributed by atoms with Gasteiger partial charge in [0.1, 0.15) is 5.75 Å². The maximum Gasteiger partial charge on any atom is 0.205 e. The van der Waals surface area contributed by atoms with Crippen molar-refractivity contribution in [1.82, 2.24) is 4.68 Å². The van der Waals surface area contributed by atoms with E-state index in [1.807, 2.05) is 53.4 Å². The largest absolute Gasteiger partial charge is 0.497 e. The first-order valence-corrected chi connectivity index (χ1v) is 8.97. The molecule has 6 heteroatoms. The maximum absolute atomic E-state index is 5.18. The average molecular weight is 402 g/mol. The third-order valence-corrected chi connectivity index (χ3v) is 5.06. The van der Waals surface area contributed by atoms with Crippen LogP contribution in [0.2, 0.25) is 0 Å². The van der Waals surface area contributed by atoms with Crippen molar-refractivity contribution in [2.45, 2.75) is 0 Å². The summed E-state index contributed by atoms with van der Waals surface area (Å²) in [5, 5.41) is 6.69. The van der Waals surface area contributed by atoms with Crippen LogP contribution in [-0.2, 0) is 0 Å². The lowest BCUT2D eigenvalue weighted by molar-refractivity contribution is 0.415. The van der Waals surface area contributed by atoms with Crippen molar-refractivity contribution in [3.63, 3.8) is 0 Å². The molecule has 122 valence electrons. The third kappa shape index (κ3) is 3.49. The molecule has 0 aliphatic carbocycles. The molecule has 0 aliphatic rings. The molecule has 1 aromatic heterocycles. The number of aromatic nitrogens is 1. The Morgan fingerprint density at radius 1 is 1.12 bits per heavy atom. The van der Waals surface area contributed by atoms with Crippen LogP contribution in [-0.4, -0.2) is 25.0 Å². The van der Waals surface area contributed by atoms with E-state index in [9.17, 15) is 0 Å². The van der Waals surface area contributed by atoms with Gasteiger partial charge in [-0.1, -0.05) is 34.1 Å². The zero-order valence-corrected chi connectivity index (χ0v) is 15.7. The molecule has 0 saturated heterocycles. The second-order valence-corrected chi connectivity index (χ2v) is 6.63. The molecule has 0 amide bonds. The monoisotopic (exact) mass is 401 g/mol. The number of ether oxygens (including phenoxy) is 1. The van der Waals surface area contributed by atoms with Crippen LogP contribution >= 0.6 is 27.3 Å². The van der Waals surface area contributed by atoms with E-state index >= 15 is 0 Å². The zero-order chi connectivity index (χ0) is 16.9. The van der Waals surface area contributed by atoms with E-state index in [0.29, 0.717) is 0 Å². The van der Waals surface area contributed by atoms with Crippen LogP contribution in [0.25, 0.3) is 11.3 Å². The number of thiazole rings is 1. The summed E-state index contributed by atoms with van der Waals surface area (Å²) in [5.74, 6) is 0.827. The molecule has 3 rings (SSSR count). The van der Waals surface area contributed by atoms with Crippen LogP contribution < -0.4 is 9.54 Å². The Morgan fingerprint density at radius 3 is 2.54 bits per heavy atom. The van der Waals surface area contributed by atoms with Gasteiger partial charge in [-0.25, -0.2) is 4.68 Å². The van der Waals surface area contributed by atoms with Gasteiger partial charge in [-0.15, -0.1) is 11.3 Å². The molecular weight excluding hydrogens is 386 g/mol. The lowest BCUT2D eigenvalue weighted by Crippen LogP contribution is -2.11. The highest BCUT2D eigenvalue weighted by Crippen LogP contribution is 2.28. The number of benzene rings is 2. The van der Waals surface area contributed by atoms with Crippen LogP contribution in [0.15, 0.2) is 68.5 Å². The third-order valence-electron chi connectivity index (χ3n) is 3.46. The number of hydrogen-bond acceptors (Lipinski definition) is 4. The van der Waals surface area contributed by atoms with Gasteiger partial charge in [-0.05, 0) is 35.9 Å². The van der Waals surface area contributed by atoms with Gasteiger partial charge in [0.2, 0.25) is 4.80 Å². The summed E-state index contributed by atoms with van der Waals surface area (Å²) in [6.07, 6.45) is 1.82. The standard InChI is InChI=1S/C18H16BrN3OS/c1-20-18-22(21-11-13-7-9-14(23-2)10-8-13)17(12-24-18)15-5-3-4-6-16(15)19/h3-12H,1-2H3/b20-18?,21-11-. The summed E-state index contributed by atoms with van der Waals surface area (Å²) in [6, 6.07) is 15.9. The van der Waals surface area contributed by atoms with E-state index in [2.05, 4.69) is 37.5 Å². The molecule has 0 unspecified atom stereocenters. The fraction of sp³-hybridized carbons (Fsp3) is 0.111. The molecule has 0 spiro atoms. The second kappa shape index (κ2) is 7.59. The lowest BCUT2D eigenvalue weighted by atomic mass is 10.2. The molecular formula is C18H16BrN3OS. The normalized spacial score (nSPS) is 12.0. The number of hydrogen-bond donors (Lipinski definition) is 0. The van der Waals surface area contributed by atoms with Gasteiger partial charge < -0.3 is 4.74 Å². The van der Waals surface area contributed by atoms with Gasteiger partial charge in [0.25, 0.3) is 0 Å². The van der Waals surface area contributed by atoms with Crippen molar-refractivity contribution in [2.75, 3.05) is 14.2 Å². The van der Waals surface area contributed by atoms with Crippen molar-refractivity contribution >= 4 is 33.5 Å². The Morgan fingerprint density at radius 2 is 1.88 bits per heavy atom. The highest BCUT2D eigenvalue weighted by atomic mass is 79.9. The molecule has 0 aliphatic heterocycles. The molecule has 0 N–H and O–H groups in total. The number of nitrogens with zero attached hydrogens (tertiary/aromatic N) is 3. The first kappa shape index (κ1) is 16.7. The smallest absolute Gasteiger partial charge is 0.205 e. The van der Waals surface area contributed by atoms with Crippen molar-refractivity contribution in [2.24, 2.45) is 10.1 Å². The highest BCUT2D eigenvalue weighted by molar-refractivity contribution is 9.10. The van der Waals surface area contributed by atoms with Crippen molar-refractivity contribution < 1.29 is 4.74 Å². The van der Waals surface area contributed by atoms with Crippen LogP contribution in [0.3, 0.4) is 0 Å². The first-order chi connectivity index (χ1) is 11.7. The van der Waals surface area contributed by atoms with Gasteiger partial charge in [0.15, 0.2) is 0 Å². The van der Waals surface area contributed by atoms with Crippen molar-refractivity contribution in [3.8, 4) is 17.0 Å². The molecule has 0 fully saturated rings. The molecule has 3 aromatic rings. The van der Waals surface area contributed by atoms with E-state index in [0.717, 1.165) is 31.8 Å². The first-order valence-electron chi connectivity index (χ1n) is 7.29. The molecule has 0 atom stereocenters. The molecule has 1 heterocycles. The minimum Gasteiger partial charge on any atom is -0.497 e. The van der Waals surface area contributed by atoms with Gasteiger partial charge >= 0.3 is 0 Å². The SMILES string of the molecule is CN=c1scc(-c2ccccc2Br)n1/N=C\c1ccc(OC)cc1. The van der Waals surface area contributed by atoms with Crippen molar-refractivity contribution in [3.05, 3.63) is 68.7 Å². The van der Waals surface area contributed by atoms with Crippen LogP contribution in [0.1, 0.15) is 5.56 Å². The maximum atomic E-state index is 5.18. The fourth-order valence-corrected chi connectivity index (χ4v) is 3.51.